The maximum absolute atomic E-state index is 12.4. The monoisotopic (exact) mass is 329 g/mol. The second kappa shape index (κ2) is 5.58. The van der Waals surface area contributed by atoms with E-state index in [2.05, 4.69) is 15.2 Å². The van der Waals surface area contributed by atoms with Gasteiger partial charge in [-0.3, -0.25) is 9.89 Å². The van der Waals surface area contributed by atoms with Gasteiger partial charge in [-0.15, -0.1) is 11.3 Å². The van der Waals surface area contributed by atoms with Crippen molar-refractivity contribution in [3.63, 3.8) is 0 Å². The van der Waals surface area contributed by atoms with Crippen LogP contribution in [0, 0.1) is 6.92 Å². The Bertz CT molecular complexity index is 901. The SMILES string of the molecule is Cc1[nH]ncc1-c1cc2nc(C3CCC(N)CC3)[nH]c(=O)c2s1. The van der Waals surface area contributed by atoms with Crippen LogP contribution in [0.15, 0.2) is 17.1 Å². The van der Waals surface area contributed by atoms with Crippen LogP contribution >= 0.6 is 11.3 Å². The summed E-state index contributed by atoms with van der Waals surface area (Å²) in [5, 5.41) is 6.98. The molecule has 4 rings (SSSR count). The number of nitrogens with zero attached hydrogens (tertiary/aromatic N) is 2. The predicted octanol–water partition coefficient (Wildman–Crippen LogP) is 2.67. The van der Waals surface area contributed by atoms with E-state index >= 15 is 0 Å². The van der Waals surface area contributed by atoms with Crippen LogP contribution in [0.3, 0.4) is 0 Å². The molecule has 1 saturated carbocycles. The van der Waals surface area contributed by atoms with Gasteiger partial charge in [0.05, 0.1) is 11.7 Å². The van der Waals surface area contributed by atoms with Crippen LogP contribution in [0.5, 0.6) is 0 Å². The molecule has 3 aromatic rings. The predicted molar refractivity (Wildman–Crippen MR) is 91.7 cm³/mol. The van der Waals surface area contributed by atoms with Gasteiger partial charge in [-0.1, -0.05) is 0 Å². The molecule has 0 amide bonds. The minimum atomic E-state index is -0.0442. The third kappa shape index (κ3) is 2.60. The molecule has 23 heavy (non-hydrogen) atoms. The number of fused-ring (bicyclic) bond motifs is 1. The van der Waals surface area contributed by atoms with E-state index in [4.69, 9.17) is 10.7 Å². The lowest BCUT2D eigenvalue weighted by Crippen LogP contribution is -2.27. The van der Waals surface area contributed by atoms with Gasteiger partial charge in [0.2, 0.25) is 0 Å². The number of aromatic amines is 2. The fraction of sp³-hybridized carbons (Fsp3) is 0.438. The maximum atomic E-state index is 12.4. The number of nitrogens with one attached hydrogen (secondary N) is 2. The van der Waals surface area contributed by atoms with Crippen molar-refractivity contribution in [1.29, 1.82) is 0 Å². The quantitative estimate of drug-likeness (QED) is 0.673. The number of hydrogen-bond donors (Lipinski definition) is 3. The molecular weight excluding hydrogens is 310 g/mol. The first-order valence-corrected chi connectivity index (χ1v) is 8.73. The normalized spacial score (nSPS) is 21.8. The first kappa shape index (κ1) is 14.6. The number of nitrogens with two attached hydrogens (primary N) is 1. The van der Waals surface area contributed by atoms with Gasteiger partial charge in [-0.25, -0.2) is 4.98 Å². The van der Waals surface area contributed by atoms with Crippen molar-refractivity contribution in [3.05, 3.63) is 34.1 Å². The van der Waals surface area contributed by atoms with E-state index in [9.17, 15) is 4.79 Å². The van der Waals surface area contributed by atoms with Gasteiger partial charge in [-0.05, 0) is 38.7 Å². The molecule has 0 aliphatic heterocycles. The highest BCUT2D eigenvalue weighted by molar-refractivity contribution is 7.22. The Morgan fingerprint density at radius 3 is 2.78 bits per heavy atom. The van der Waals surface area contributed by atoms with Crippen LogP contribution in [-0.2, 0) is 0 Å². The molecule has 1 aliphatic rings. The molecule has 0 radical (unpaired) electrons. The fourth-order valence-corrected chi connectivity index (χ4v) is 4.33. The Balaban J connectivity index is 1.76. The van der Waals surface area contributed by atoms with E-state index in [1.165, 1.54) is 11.3 Å². The highest BCUT2D eigenvalue weighted by atomic mass is 32.1. The van der Waals surface area contributed by atoms with Crippen LogP contribution in [0.25, 0.3) is 20.7 Å². The fourth-order valence-electron chi connectivity index (χ4n) is 3.28. The van der Waals surface area contributed by atoms with E-state index in [0.29, 0.717) is 16.7 Å². The van der Waals surface area contributed by atoms with Crippen LogP contribution in [0.1, 0.15) is 43.1 Å². The zero-order valence-corrected chi connectivity index (χ0v) is 13.7. The molecule has 4 N–H and O–H groups in total. The molecule has 0 atom stereocenters. The first-order valence-electron chi connectivity index (χ1n) is 7.91. The summed E-state index contributed by atoms with van der Waals surface area (Å²) in [5.41, 5.74) is 8.72. The molecule has 6 nitrogen and oxygen atoms in total. The molecule has 0 bridgehead atoms. The van der Waals surface area contributed by atoms with E-state index in [0.717, 1.165) is 53.2 Å². The standard InChI is InChI=1S/C16H19N5OS/c1-8-11(7-18-21-8)13-6-12-14(23-13)16(22)20-15(19-12)9-2-4-10(17)5-3-9/h6-7,9-10H,2-5,17H2,1H3,(H,18,21)(H,19,20,22). The zero-order chi connectivity index (χ0) is 16.0. The second-order valence-corrected chi connectivity index (χ2v) is 7.35. The second-order valence-electron chi connectivity index (χ2n) is 6.30. The van der Waals surface area contributed by atoms with Crippen LogP contribution in [0.4, 0.5) is 0 Å². The largest absolute Gasteiger partial charge is 0.328 e. The van der Waals surface area contributed by atoms with Gasteiger partial charge >= 0.3 is 0 Å². The van der Waals surface area contributed by atoms with E-state index in [-0.39, 0.29) is 5.56 Å². The van der Waals surface area contributed by atoms with Crippen molar-refractivity contribution in [3.8, 4) is 10.4 Å². The minimum absolute atomic E-state index is 0.0442. The number of aromatic nitrogens is 4. The lowest BCUT2D eigenvalue weighted by Gasteiger charge is -2.25. The van der Waals surface area contributed by atoms with Gasteiger partial charge in [0.1, 0.15) is 10.5 Å². The Labute approximate surface area is 137 Å². The summed E-state index contributed by atoms with van der Waals surface area (Å²) in [6.45, 7) is 1.97. The van der Waals surface area contributed by atoms with Gasteiger partial charge in [0, 0.05) is 28.1 Å². The lowest BCUT2D eigenvalue weighted by atomic mass is 9.86. The Morgan fingerprint density at radius 1 is 1.30 bits per heavy atom. The average molecular weight is 329 g/mol. The summed E-state index contributed by atoms with van der Waals surface area (Å²) in [6.07, 6.45) is 5.77. The van der Waals surface area contributed by atoms with Crippen LogP contribution < -0.4 is 11.3 Å². The van der Waals surface area contributed by atoms with Gasteiger partial charge in [0.15, 0.2) is 0 Å². The minimum Gasteiger partial charge on any atom is -0.328 e. The molecular formula is C16H19N5OS. The van der Waals surface area contributed by atoms with Crippen molar-refractivity contribution in [2.45, 2.75) is 44.6 Å². The van der Waals surface area contributed by atoms with Crippen LogP contribution in [-0.4, -0.2) is 26.2 Å². The number of thiophene rings is 1. The number of H-pyrrole nitrogens is 2. The summed E-state index contributed by atoms with van der Waals surface area (Å²) in [5.74, 6) is 1.12. The number of rotatable bonds is 2. The summed E-state index contributed by atoms with van der Waals surface area (Å²) < 4.78 is 0.678. The number of aryl methyl sites for hydroxylation is 1. The third-order valence-electron chi connectivity index (χ3n) is 4.66. The molecule has 120 valence electrons. The lowest BCUT2D eigenvalue weighted by molar-refractivity contribution is 0.385. The Kier molecular flexibility index (Phi) is 3.54. The molecule has 0 spiro atoms. The van der Waals surface area contributed by atoms with Crippen molar-refractivity contribution in [1.82, 2.24) is 20.2 Å². The first-order chi connectivity index (χ1) is 11.1. The maximum Gasteiger partial charge on any atom is 0.268 e. The topological polar surface area (TPSA) is 100 Å². The summed E-state index contributed by atoms with van der Waals surface area (Å²) in [4.78, 5) is 21.2. The molecule has 3 heterocycles. The van der Waals surface area contributed by atoms with Crippen molar-refractivity contribution in [2.75, 3.05) is 0 Å². The third-order valence-corrected chi connectivity index (χ3v) is 5.81. The highest BCUT2D eigenvalue weighted by Crippen LogP contribution is 2.34. The summed E-state index contributed by atoms with van der Waals surface area (Å²) in [6, 6.07) is 2.28. The zero-order valence-electron chi connectivity index (χ0n) is 12.9. The Morgan fingerprint density at radius 2 is 2.09 bits per heavy atom. The molecule has 0 aromatic carbocycles. The van der Waals surface area contributed by atoms with Gasteiger partial charge in [0.25, 0.3) is 5.56 Å². The van der Waals surface area contributed by atoms with Crippen molar-refractivity contribution < 1.29 is 0 Å². The molecule has 3 aromatic heterocycles. The molecule has 1 fully saturated rings. The van der Waals surface area contributed by atoms with Gasteiger partial charge < -0.3 is 10.7 Å². The Hall–Kier alpha value is -1.99. The molecule has 7 heteroatoms. The summed E-state index contributed by atoms with van der Waals surface area (Å²) >= 11 is 1.47. The van der Waals surface area contributed by atoms with E-state index in [1.54, 1.807) is 6.20 Å². The summed E-state index contributed by atoms with van der Waals surface area (Å²) in [7, 11) is 0. The highest BCUT2D eigenvalue weighted by Gasteiger charge is 2.23. The van der Waals surface area contributed by atoms with E-state index < -0.39 is 0 Å². The average Bonchev–Trinajstić information content (AvgIpc) is 3.14. The van der Waals surface area contributed by atoms with E-state index in [1.807, 2.05) is 13.0 Å². The smallest absolute Gasteiger partial charge is 0.268 e. The van der Waals surface area contributed by atoms with Crippen LogP contribution in [0.2, 0.25) is 0 Å². The van der Waals surface area contributed by atoms with Gasteiger partial charge in [-0.2, -0.15) is 5.10 Å². The molecule has 1 aliphatic carbocycles. The molecule has 0 saturated heterocycles. The number of hydrogen-bond acceptors (Lipinski definition) is 5. The van der Waals surface area contributed by atoms with Crippen molar-refractivity contribution in [2.24, 2.45) is 5.73 Å². The van der Waals surface area contributed by atoms with Crippen molar-refractivity contribution >= 4 is 21.6 Å². The molecule has 0 unspecified atom stereocenters.